The zero-order chi connectivity index (χ0) is 18.2. The molecule has 3 aromatic rings. The van der Waals surface area contributed by atoms with Gasteiger partial charge in [-0.1, -0.05) is 24.3 Å². The van der Waals surface area contributed by atoms with E-state index >= 15 is 0 Å². The third-order valence-corrected chi connectivity index (χ3v) is 5.00. The fourth-order valence-corrected chi connectivity index (χ4v) is 3.50. The summed E-state index contributed by atoms with van der Waals surface area (Å²) in [5.41, 5.74) is 1.01. The van der Waals surface area contributed by atoms with E-state index in [4.69, 9.17) is 4.74 Å². The lowest BCUT2D eigenvalue weighted by molar-refractivity contribution is 0.0955. The van der Waals surface area contributed by atoms with Gasteiger partial charge >= 0.3 is 0 Å². The van der Waals surface area contributed by atoms with Gasteiger partial charge in [0.05, 0.1) is 11.5 Å². The van der Waals surface area contributed by atoms with Crippen LogP contribution in [0.4, 0.5) is 0 Å². The number of nitrogens with zero attached hydrogens (tertiary/aromatic N) is 1. The molecule has 0 bridgehead atoms. The maximum absolute atomic E-state index is 12.4. The molecule has 0 saturated carbocycles. The molecule has 134 valence electrons. The quantitative estimate of drug-likeness (QED) is 0.430. The second kappa shape index (κ2) is 9.15. The van der Waals surface area contributed by atoms with E-state index in [9.17, 15) is 4.79 Å². The van der Waals surface area contributed by atoms with E-state index in [2.05, 4.69) is 16.9 Å². The number of hydrogen-bond donors (Lipinski definition) is 1. The van der Waals surface area contributed by atoms with E-state index in [1.807, 2.05) is 48.5 Å². The topological polar surface area (TPSA) is 51.2 Å². The Balaban J connectivity index is 1.53. The molecule has 5 heteroatoms. The number of rotatable bonds is 9. The van der Waals surface area contributed by atoms with Crippen LogP contribution in [0, 0.1) is 0 Å². The van der Waals surface area contributed by atoms with Crippen molar-refractivity contribution in [3.05, 3.63) is 71.8 Å². The van der Waals surface area contributed by atoms with Crippen LogP contribution in [0.15, 0.2) is 61.3 Å². The number of aromatic nitrogens is 1. The molecule has 0 atom stereocenters. The van der Waals surface area contributed by atoms with Gasteiger partial charge in [0.1, 0.15) is 10.6 Å². The van der Waals surface area contributed by atoms with Crippen LogP contribution in [0.5, 0.6) is 5.75 Å². The van der Waals surface area contributed by atoms with Gasteiger partial charge in [0.15, 0.2) is 0 Å². The number of ether oxygens (including phenoxy) is 1. The first-order valence-corrected chi connectivity index (χ1v) is 9.53. The summed E-state index contributed by atoms with van der Waals surface area (Å²) in [6.07, 6.45) is 6.78. The number of pyridine rings is 1. The number of carbonyl (C=O) groups excluding carboxylic acids is 1. The molecule has 2 heterocycles. The van der Waals surface area contributed by atoms with Crippen LogP contribution in [0.2, 0.25) is 0 Å². The number of unbranched alkanes of at least 4 members (excludes halogenated alkanes) is 2. The SMILES string of the molecule is C=CCCCCOc1cccc(CNC(=O)c2cc3cccnc3s2)c1. The van der Waals surface area contributed by atoms with E-state index < -0.39 is 0 Å². The van der Waals surface area contributed by atoms with Crippen LogP contribution in [0.25, 0.3) is 10.2 Å². The van der Waals surface area contributed by atoms with Crippen LogP contribution in [-0.4, -0.2) is 17.5 Å². The molecule has 2 aromatic heterocycles. The van der Waals surface area contributed by atoms with Gasteiger partial charge in [-0.15, -0.1) is 17.9 Å². The van der Waals surface area contributed by atoms with Gasteiger partial charge in [0, 0.05) is 18.1 Å². The van der Waals surface area contributed by atoms with Crippen molar-refractivity contribution in [3.63, 3.8) is 0 Å². The van der Waals surface area contributed by atoms with Crippen LogP contribution < -0.4 is 10.1 Å². The van der Waals surface area contributed by atoms with Gasteiger partial charge < -0.3 is 10.1 Å². The van der Waals surface area contributed by atoms with Gasteiger partial charge in [-0.25, -0.2) is 4.98 Å². The number of benzene rings is 1. The molecule has 1 N–H and O–H groups in total. The predicted molar refractivity (Wildman–Crippen MR) is 107 cm³/mol. The Bertz CT molecular complexity index is 855. The Morgan fingerprint density at radius 3 is 3.00 bits per heavy atom. The largest absolute Gasteiger partial charge is 0.494 e. The summed E-state index contributed by atoms with van der Waals surface area (Å²) in [5, 5.41) is 3.96. The Morgan fingerprint density at radius 1 is 1.23 bits per heavy atom. The summed E-state index contributed by atoms with van der Waals surface area (Å²) < 4.78 is 5.77. The molecule has 26 heavy (non-hydrogen) atoms. The van der Waals surface area contributed by atoms with E-state index in [0.29, 0.717) is 18.0 Å². The molecule has 0 fully saturated rings. The highest BCUT2D eigenvalue weighted by Gasteiger charge is 2.10. The summed E-state index contributed by atoms with van der Waals surface area (Å²) >= 11 is 1.41. The van der Waals surface area contributed by atoms with Crippen molar-refractivity contribution in [1.29, 1.82) is 0 Å². The number of hydrogen-bond acceptors (Lipinski definition) is 4. The van der Waals surface area contributed by atoms with Crippen molar-refractivity contribution >= 4 is 27.5 Å². The maximum atomic E-state index is 12.4. The smallest absolute Gasteiger partial charge is 0.261 e. The Morgan fingerprint density at radius 2 is 2.15 bits per heavy atom. The van der Waals surface area contributed by atoms with Crippen molar-refractivity contribution in [3.8, 4) is 5.75 Å². The van der Waals surface area contributed by atoms with Crippen LogP contribution in [0.1, 0.15) is 34.5 Å². The molecule has 0 unspecified atom stereocenters. The Hall–Kier alpha value is -2.66. The molecular formula is C21H22N2O2S. The average Bonchev–Trinajstić information content (AvgIpc) is 3.11. The number of thiophene rings is 1. The predicted octanol–water partition coefficient (Wildman–Crippen LogP) is 4.96. The van der Waals surface area contributed by atoms with Crippen molar-refractivity contribution in [2.75, 3.05) is 6.61 Å². The minimum absolute atomic E-state index is 0.0799. The molecule has 0 radical (unpaired) electrons. The first kappa shape index (κ1) is 18.1. The highest BCUT2D eigenvalue weighted by atomic mass is 32.1. The standard InChI is InChI=1S/C21H22N2O2S/c1-2-3-4-5-12-25-18-10-6-8-16(13-18)15-23-20(24)19-14-17-9-7-11-22-21(17)26-19/h2,6-11,13-14H,1,3-5,12,15H2,(H,23,24). The molecule has 1 aromatic carbocycles. The summed E-state index contributed by atoms with van der Waals surface area (Å²) in [7, 11) is 0. The van der Waals surface area contributed by atoms with Gasteiger partial charge in [-0.05, 0) is 49.1 Å². The Kier molecular flexibility index (Phi) is 6.39. The number of amides is 1. The minimum Gasteiger partial charge on any atom is -0.494 e. The second-order valence-corrected chi connectivity index (χ2v) is 7.00. The zero-order valence-corrected chi connectivity index (χ0v) is 15.4. The van der Waals surface area contributed by atoms with Crippen LogP contribution in [0.3, 0.4) is 0 Å². The highest BCUT2D eigenvalue weighted by molar-refractivity contribution is 7.20. The molecule has 1 amide bonds. The van der Waals surface area contributed by atoms with Crippen molar-refractivity contribution in [2.45, 2.75) is 25.8 Å². The zero-order valence-electron chi connectivity index (χ0n) is 14.6. The summed E-state index contributed by atoms with van der Waals surface area (Å²) in [5.74, 6) is 0.755. The summed E-state index contributed by atoms with van der Waals surface area (Å²) in [6, 6.07) is 13.6. The van der Waals surface area contributed by atoms with Gasteiger partial charge in [-0.2, -0.15) is 0 Å². The van der Waals surface area contributed by atoms with Gasteiger partial charge in [0.25, 0.3) is 5.91 Å². The maximum Gasteiger partial charge on any atom is 0.261 e. The van der Waals surface area contributed by atoms with E-state index in [1.54, 1.807) is 6.20 Å². The lowest BCUT2D eigenvalue weighted by Gasteiger charge is -2.08. The monoisotopic (exact) mass is 366 g/mol. The summed E-state index contributed by atoms with van der Waals surface area (Å²) in [4.78, 5) is 18.2. The normalized spacial score (nSPS) is 10.6. The first-order chi connectivity index (χ1) is 12.8. The molecule has 3 rings (SSSR count). The van der Waals surface area contributed by atoms with Crippen LogP contribution >= 0.6 is 11.3 Å². The number of carbonyl (C=O) groups is 1. The second-order valence-electron chi connectivity index (χ2n) is 5.97. The van der Waals surface area contributed by atoms with Crippen LogP contribution in [-0.2, 0) is 6.54 Å². The Labute approximate surface area is 157 Å². The third kappa shape index (κ3) is 4.92. The molecule has 0 aliphatic heterocycles. The molecule has 0 spiro atoms. The molecular weight excluding hydrogens is 344 g/mol. The average molecular weight is 366 g/mol. The van der Waals surface area contributed by atoms with Crippen molar-refractivity contribution in [1.82, 2.24) is 10.3 Å². The first-order valence-electron chi connectivity index (χ1n) is 8.71. The van der Waals surface area contributed by atoms with E-state index in [1.165, 1.54) is 11.3 Å². The van der Waals surface area contributed by atoms with E-state index in [-0.39, 0.29) is 5.91 Å². The number of nitrogens with one attached hydrogen (secondary N) is 1. The molecule has 0 aliphatic rings. The fourth-order valence-electron chi connectivity index (χ4n) is 2.58. The van der Waals surface area contributed by atoms with Gasteiger partial charge in [0.2, 0.25) is 0 Å². The van der Waals surface area contributed by atoms with Crippen molar-refractivity contribution < 1.29 is 9.53 Å². The third-order valence-electron chi connectivity index (χ3n) is 3.94. The lowest BCUT2D eigenvalue weighted by Crippen LogP contribution is -2.21. The van der Waals surface area contributed by atoms with E-state index in [0.717, 1.165) is 40.8 Å². The highest BCUT2D eigenvalue weighted by Crippen LogP contribution is 2.23. The number of allylic oxidation sites excluding steroid dienone is 1. The molecule has 4 nitrogen and oxygen atoms in total. The molecule has 0 aliphatic carbocycles. The number of fused-ring (bicyclic) bond motifs is 1. The van der Waals surface area contributed by atoms with Crippen molar-refractivity contribution in [2.24, 2.45) is 0 Å². The van der Waals surface area contributed by atoms with Gasteiger partial charge in [-0.3, -0.25) is 4.79 Å². The summed E-state index contributed by atoms with van der Waals surface area (Å²) in [6.45, 7) is 4.88. The molecule has 0 saturated heterocycles. The minimum atomic E-state index is -0.0799. The fraction of sp³-hybridized carbons (Fsp3) is 0.238. The lowest BCUT2D eigenvalue weighted by atomic mass is 10.2.